The SMILES string of the molecule is OC(Cc1cccc(Cl)c1F)c1nccc2ccccc12. The van der Waals surface area contributed by atoms with Crippen LogP contribution >= 0.6 is 11.6 Å². The molecule has 1 atom stereocenters. The summed E-state index contributed by atoms with van der Waals surface area (Å²) in [5, 5.41) is 12.3. The zero-order valence-corrected chi connectivity index (χ0v) is 11.9. The van der Waals surface area contributed by atoms with Crippen molar-refractivity contribution in [3.8, 4) is 0 Å². The van der Waals surface area contributed by atoms with E-state index in [0.29, 0.717) is 11.3 Å². The quantitative estimate of drug-likeness (QED) is 0.782. The van der Waals surface area contributed by atoms with Crippen molar-refractivity contribution in [3.05, 3.63) is 76.8 Å². The van der Waals surface area contributed by atoms with Gasteiger partial charge in [0.1, 0.15) is 11.9 Å². The second-order valence-electron chi connectivity index (χ2n) is 4.85. The second kappa shape index (κ2) is 5.80. The number of nitrogens with zero attached hydrogens (tertiary/aromatic N) is 1. The average Bonchev–Trinajstić information content (AvgIpc) is 2.51. The van der Waals surface area contributed by atoms with Gasteiger partial charge in [0.15, 0.2) is 0 Å². The van der Waals surface area contributed by atoms with Gasteiger partial charge in [-0.15, -0.1) is 0 Å². The minimum atomic E-state index is -0.885. The maximum atomic E-state index is 13.9. The Morgan fingerprint density at radius 3 is 2.76 bits per heavy atom. The lowest BCUT2D eigenvalue weighted by atomic mass is 10.0. The lowest BCUT2D eigenvalue weighted by Gasteiger charge is -2.13. The molecule has 0 saturated heterocycles. The molecule has 0 spiro atoms. The van der Waals surface area contributed by atoms with Crippen LogP contribution in [-0.2, 0) is 6.42 Å². The number of hydrogen-bond acceptors (Lipinski definition) is 2. The van der Waals surface area contributed by atoms with Crippen LogP contribution in [0.2, 0.25) is 5.02 Å². The highest BCUT2D eigenvalue weighted by Crippen LogP contribution is 2.27. The number of pyridine rings is 1. The Hall–Kier alpha value is -1.97. The number of aliphatic hydroxyl groups is 1. The van der Waals surface area contributed by atoms with Gasteiger partial charge in [-0.25, -0.2) is 4.39 Å². The van der Waals surface area contributed by atoms with Crippen molar-refractivity contribution in [2.75, 3.05) is 0 Å². The number of rotatable bonds is 3. The lowest BCUT2D eigenvalue weighted by molar-refractivity contribution is 0.174. The number of halogens is 2. The van der Waals surface area contributed by atoms with Gasteiger partial charge in [0.2, 0.25) is 0 Å². The van der Waals surface area contributed by atoms with E-state index < -0.39 is 11.9 Å². The molecule has 1 heterocycles. The molecule has 0 radical (unpaired) electrons. The highest BCUT2D eigenvalue weighted by Gasteiger charge is 2.16. The molecule has 1 N–H and O–H groups in total. The van der Waals surface area contributed by atoms with E-state index in [2.05, 4.69) is 4.98 Å². The summed E-state index contributed by atoms with van der Waals surface area (Å²) >= 11 is 5.77. The van der Waals surface area contributed by atoms with Crippen molar-refractivity contribution in [2.24, 2.45) is 0 Å². The van der Waals surface area contributed by atoms with Crippen molar-refractivity contribution in [2.45, 2.75) is 12.5 Å². The Labute approximate surface area is 126 Å². The van der Waals surface area contributed by atoms with Gasteiger partial charge in [-0.3, -0.25) is 4.98 Å². The summed E-state index contributed by atoms with van der Waals surface area (Å²) in [5.74, 6) is -0.488. The van der Waals surface area contributed by atoms with Crippen LogP contribution in [0.3, 0.4) is 0 Å². The van der Waals surface area contributed by atoms with Crippen LogP contribution in [0.1, 0.15) is 17.4 Å². The first-order chi connectivity index (χ1) is 10.2. The average molecular weight is 302 g/mol. The minimum absolute atomic E-state index is 0.0607. The fourth-order valence-corrected chi connectivity index (χ4v) is 2.61. The number of aliphatic hydroxyl groups excluding tert-OH is 1. The molecule has 0 fully saturated rings. The van der Waals surface area contributed by atoms with Crippen LogP contribution in [0.4, 0.5) is 4.39 Å². The van der Waals surface area contributed by atoms with E-state index >= 15 is 0 Å². The van der Waals surface area contributed by atoms with E-state index in [4.69, 9.17) is 11.6 Å². The summed E-state index contributed by atoms with van der Waals surface area (Å²) in [4.78, 5) is 4.25. The molecule has 0 amide bonds. The van der Waals surface area contributed by atoms with Gasteiger partial charge in [0.05, 0.1) is 10.7 Å². The molecule has 106 valence electrons. The van der Waals surface area contributed by atoms with E-state index in [0.717, 1.165) is 10.8 Å². The fraction of sp³-hybridized carbons (Fsp3) is 0.118. The van der Waals surface area contributed by atoms with Crippen LogP contribution < -0.4 is 0 Å². The van der Waals surface area contributed by atoms with Crippen LogP contribution in [-0.4, -0.2) is 10.1 Å². The zero-order chi connectivity index (χ0) is 14.8. The van der Waals surface area contributed by atoms with Crippen LogP contribution in [0, 0.1) is 5.82 Å². The second-order valence-corrected chi connectivity index (χ2v) is 5.26. The highest BCUT2D eigenvalue weighted by atomic mass is 35.5. The summed E-state index contributed by atoms with van der Waals surface area (Å²) in [6.45, 7) is 0. The summed E-state index contributed by atoms with van der Waals surface area (Å²) in [5.41, 5.74) is 0.928. The predicted molar refractivity (Wildman–Crippen MR) is 81.8 cm³/mol. The van der Waals surface area contributed by atoms with Crippen molar-refractivity contribution in [1.82, 2.24) is 4.98 Å². The highest BCUT2D eigenvalue weighted by molar-refractivity contribution is 6.30. The van der Waals surface area contributed by atoms with Gasteiger partial charge >= 0.3 is 0 Å². The maximum absolute atomic E-state index is 13.9. The van der Waals surface area contributed by atoms with Crippen LogP contribution in [0.25, 0.3) is 10.8 Å². The normalized spacial score (nSPS) is 12.5. The molecule has 0 saturated carbocycles. The third-order valence-corrected chi connectivity index (χ3v) is 3.76. The number of benzene rings is 2. The predicted octanol–water partition coefficient (Wildman–Crippen LogP) is 4.30. The number of fused-ring (bicyclic) bond motifs is 1. The Kier molecular flexibility index (Phi) is 3.86. The van der Waals surface area contributed by atoms with E-state index in [9.17, 15) is 9.50 Å². The van der Waals surface area contributed by atoms with Gasteiger partial charge < -0.3 is 5.11 Å². The maximum Gasteiger partial charge on any atom is 0.145 e. The van der Waals surface area contributed by atoms with E-state index in [-0.39, 0.29) is 11.4 Å². The Balaban J connectivity index is 1.97. The summed E-state index contributed by atoms with van der Waals surface area (Å²) in [6.07, 6.45) is 0.895. The van der Waals surface area contributed by atoms with Gasteiger partial charge in [-0.05, 0) is 23.1 Å². The number of aromatic nitrogens is 1. The lowest BCUT2D eigenvalue weighted by Crippen LogP contribution is -2.06. The van der Waals surface area contributed by atoms with Crippen molar-refractivity contribution < 1.29 is 9.50 Å². The molecule has 1 unspecified atom stereocenters. The monoisotopic (exact) mass is 301 g/mol. The first kappa shape index (κ1) is 14.0. The van der Waals surface area contributed by atoms with Crippen molar-refractivity contribution >= 4 is 22.4 Å². The topological polar surface area (TPSA) is 33.1 Å². The fourth-order valence-electron chi connectivity index (χ4n) is 2.42. The first-order valence-corrected chi connectivity index (χ1v) is 6.99. The molecule has 2 aromatic carbocycles. The van der Waals surface area contributed by atoms with E-state index in [1.165, 1.54) is 6.07 Å². The number of hydrogen-bond donors (Lipinski definition) is 1. The third-order valence-electron chi connectivity index (χ3n) is 3.46. The molecular formula is C17H13ClFNO. The van der Waals surface area contributed by atoms with Crippen molar-refractivity contribution in [3.63, 3.8) is 0 Å². The molecule has 0 bridgehead atoms. The molecule has 0 aliphatic carbocycles. The minimum Gasteiger partial charge on any atom is -0.386 e. The first-order valence-electron chi connectivity index (χ1n) is 6.61. The van der Waals surface area contributed by atoms with E-state index in [1.807, 2.05) is 30.3 Å². The summed E-state index contributed by atoms with van der Waals surface area (Å²) in [6, 6.07) is 14.3. The smallest absolute Gasteiger partial charge is 0.145 e. The molecular weight excluding hydrogens is 289 g/mol. The van der Waals surface area contributed by atoms with Crippen molar-refractivity contribution in [1.29, 1.82) is 0 Å². The molecule has 3 aromatic rings. The molecule has 0 aliphatic heterocycles. The molecule has 2 nitrogen and oxygen atoms in total. The van der Waals surface area contributed by atoms with Gasteiger partial charge in [0, 0.05) is 18.0 Å². The van der Waals surface area contributed by atoms with Gasteiger partial charge in [-0.2, -0.15) is 0 Å². The standard InChI is InChI=1S/C17H13ClFNO/c18-14-7-3-5-12(16(14)19)10-15(21)17-13-6-2-1-4-11(13)8-9-20-17/h1-9,15,21H,10H2. The largest absolute Gasteiger partial charge is 0.386 e. The molecule has 21 heavy (non-hydrogen) atoms. The van der Waals surface area contributed by atoms with Crippen LogP contribution in [0.15, 0.2) is 54.7 Å². The van der Waals surface area contributed by atoms with Gasteiger partial charge in [-0.1, -0.05) is 48.0 Å². The molecule has 1 aromatic heterocycles. The Bertz CT molecular complexity index is 785. The summed E-state index contributed by atoms with van der Waals surface area (Å²) in [7, 11) is 0. The molecule has 3 rings (SSSR count). The Morgan fingerprint density at radius 2 is 1.90 bits per heavy atom. The Morgan fingerprint density at radius 1 is 1.10 bits per heavy atom. The molecule has 4 heteroatoms. The third kappa shape index (κ3) is 2.75. The molecule has 0 aliphatic rings. The van der Waals surface area contributed by atoms with E-state index in [1.54, 1.807) is 18.3 Å². The van der Waals surface area contributed by atoms with Crippen LogP contribution in [0.5, 0.6) is 0 Å². The zero-order valence-electron chi connectivity index (χ0n) is 11.1. The summed E-state index contributed by atoms with van der Waals surface area (Å²) < 4.78 is 13.9. The van der Waals surface area contributed by atoms with Gasteiger partial charge in [0.25, 0.3) is 0 Å².